The molecule has 0 bridgehead atoms. The maximum Gasteiger partial charge on any atom is 0.119 e. The van der Waals surface area contributed by atoms with E-state index in [0.29, 0.717) is 18.0 Å². The molecule has 0 aromatic carbocycles. The van der Waals surface area contributed by atoms with Crippen molar-refractivity contribution in [1.82, 2.24) is 4.98 Å². The molecular formula is C7H10N2OS2. The molecule has 12 heavy (non-hydrogen) atoms. The number of nitrogens with two attached hydrogens (primary N) is 1. The van der Waals surface area contributed by atoms with Crippen molar-refractivity contribution >= 4 is 28.5 Å². The van der Waals surface area contributed by atoms with Gasteiger partial charge in [-0.05, 0) is 0 Å². The summed E-state index contributed by atoms with van der Waals surface area (Å²) < 4.78 is 4.93. The van der Waals surface area contributed by atoms with Crippen molar-refractivity contribution < 1.29 is 4.74 Å². The molecular weight excluding hydrogens is 192 g/mol. The largest absolute Gasteiger partial charge is 0.393 e. The summed E-state index contributed by atoms with van der Waals surface area (Å²) in [5.41, 5.74) is 6.30. The zero-order chi connectivity index (χ0) is 8.97. The average Bonchev–Trinajstić information content (AvgIpc) is 2.36. The number of nitrogens with zero attached hydrogens (tertiary/aromatic N) is 1. The minimum Gasteiger partial charge on any atom is -0.393 e. The van der Waals surface area contributed by atoms with Crippen molar-refractivity contribution in [2.24, 2.45) is 5.73 Å². The van der Waals surface area contributed by atoms with Crippen LogP contribution in [0.15, 0.2) is 5.38 Å². The number of thiocarbonyl (C=S) groups is 1. The molecule has 2 N–H and O–H groups in total. The predicted molar refractivity (Wildman–Crippen MR) is 53.3 cm³/mol. The van der Waals surface area contributed by atoms with Crippen LogP contribution in [0.4, 0.5) is 0 Å². The van der Waals surface area contributed by atoms with Gasteiger partial charge in [-0.25, -0.2) is 4.98 Å². The highest BCUT2D eigenvalue weighted by molar-refractivity contribution is 7.80. The number of aromatic nitrogens is 1. The van der Waals surface area contributed by atoms with Gasteiger partial charge < -0.3 is 10.5 Å². The molecule has 0 fully saturated rings. The highest BCUT2D eigenvalue weighted by atomic mass is 32.1. The molecule has 0 aliphatic rings. The van der Waals surface area contributed by atoms with Gasteiger partial charge in [0.1, 0.15) is 5.01 Å². The number of ether oxygens (including phenoxy) is 1. The lowest BCUT2D eigenvalue weighted by Gasteiger charge is -1.92. The summed E-state index contributed by atoms with van der Waals surface area (Å²) in [5.74, 6) is 0. The van der Waals surface area contributed by atoms with Gasteiger partial charge in [0.05, 0.1) is 17.3 Å². The van der Waals surface area contributed by atoms with E-state index in [1.54, 1.807) is 18.4 Å². The Kier molecular flexibility index (Phi) is 3.58. The Morgan fingerprint density at radius 1 is 1.83 bits per heavy atom. The summed E-state index contributed by atoms with van der Waals surface area (Å²) in [4.78, 5) is 4.74. The molecule has 66 valence electrons. The molecule has 0 aliphatic carbocycles. The summed E-state index contributed by atoms with van der Waals surface area (Å²) >= 11 is 6.33. The topological polar surface area (TPSA) is 48.1 Å². The lowest BCUT2D eigenvalue weighted by atomic mass is 10.3. The lowest BCUT2D eigenvalue weighted by Crippen LogP contribution is -2.11. The van der Waals surface area contributed by atoms with Gasteiger partial charge in [-0.15, -0.1) is 11.3 Å². The maximum atomic E-state index is 5.37. The Bertz CT molecular complexity index is 272. The molecule has 0 aliphatic heterocycles. The fourth-order valence-electron chi connectivity index (χ4n) is 0.798. The van der Waals surface area contributed by atoms with E-state index in [0.717, 1.165) is 10.7 Å². The zero-order valence-electron chi connectivity index (χ0n) is 6.74. The SMILES string of the molecule is COCc1nc(CC(N)=S)cs1. The van der Waals surface area contributed by atoms with Crippen molar-refractivity contribution in [3.63, 3.8) is 0 Å². The summed E-state index contributed by atoms with van der Waals surface area (Å²) in [6.45, 7) is 0.558. The molecule has 0 unspecified atom stereocenters. The monoisotopic (exact) mass is 202 g/mol. The second-order valence-corrected chi connectivity index (χ2v) is 3.78. The molecule has 1 rings (SSSR count). The Hall–Kier alpha value is -0.520. The first kappa shape index (κ1) is 9.57. The van der Waals surface area contributed by atoms with E-state index in [4.69, 9.17) is 22.7 Å². The minimum atomic E-state index is 0.476. The molecule has 1 aromatic heterocycles. The van der Waals surface area contributed by atoms with Crippen LogP contribution in [0.3, 0.4) is 0 Å². The molecule has 5 heteroatoms. The molecule has 0 saturated heterocycles. The van der Waals surface area contributed by atoms with E-state index < -0.39 is 0 Å². The highest BCUT2D eigenvalue weighted by Crippen LogP contribution is 2.10. The number of methoxy groups -OCH3 is 1. The van der Waals surface area contributed by atoms with Crippen molar-refractivity contribution in [3.8, 4) is 0 Å². The Labute approximate surface area is 80.6 Å². The average molecular weight is 202 g/mol. The molecule has 0 radical (unpaired) electrons. The number of hydrogen-bond donors (Lipinski definition) is 1. The van der Waals surface area contributed by atoms with Gasteiger partial charge in [0.15, 0.2) is 0 Å². The van der Waals surface area contributed by atoms with Crippen LogP contribution in [0.2, 0.25) is 0 Å². The van der Waals surface area contributed by atoms with E-state index in [2.05, 4.69) is 4.98 Å². The third kappa shape index (κ3) is 2.84. The quantitative estimate of drug-likeness (QED) is 0.743. The molecule has 0 spiro atoms. The van der Waals surface area contributed by atoms with E-state index >= 15 is 0 Å². The van der Waals surface area contributed by atoms with E-state index in [1.807, 2.05) is 5.38 Å². The van der Waals surface area contributed by atoms with E-state index in [1.165, 1.54) is 0 Å². The number of thiazole rings is 1. The van der Waals surface area contributed by atoms with Gasteiger partial charge in [0.25, 0.3) is 0 Å². The van der Waals surface area contributed by atoms with Gasteiger partial charge in [-0.2, -0.15) is 0 Å². The maximum absolute atomic E-state index is 5.37. The van der Waals surface area contributed by atoms with Crippen LogP contribution >= 0.6 is 23.6 Å². The van der Waals surface area contributed by atoms with Gasteiger partial charge in [-0.1, -0.05) is 12.2 Å². The zero-order valence-corrected chi connectivity index (χ0v) is 8.37. The Morgan fingerprint density at radius 2 is 2.58 bits per heavy atom. The summed E-state index contributed by atoms with van der Waals surface area (Å²) in [6, 6.07) is 0. The normalized spacial score (nSPS) is 10.1. The second kappa shape index (κ2) is 4.49. The number of rotatable bonds is 4. The molecule has 1 aromatic rings. The molecule has 0 amide bonds. The van der Waals surface area contributed by atoms with Crippen LogP contribution in [0.25, 0.3) is 0 Å². The summed E-state index contributed by atoms with van der Waals surface area (Å²) in [5, 5.41) is 2.91. The second-order valence-electron chi connectivity index (χ2n) is 2.31. The van der Waals surface area contributed by atoms with Crippen molar-refractivity contribution in [1.29, 1.82) is 0 Å². The van der Waals surface area contributed by atoms with Crippen LogP contribution < -0.4 is 5.73 Å². The Balaban J connectivity index is 2.58. The van der Waals surface area contributed by atoms with E-state index in [-0.39, 0.29) is 0 Å². The van der Waals surface area contributed by atoms with Gasteiger partial charge >= 0.3 is 0 Å². The van der Waals surface area contributed by atoms with Gasteiger partial charge in [0.2, 0.25) is 0 Å². The van der Waals surface area contributed by atoms with Crippen molar-refractivity contribution in [2.45, 2.75) is 13.0 Å². The summed E-state index contributed by atoms with van der Waals surface area (Å²) in [7, 11) is 1.65. The minimum absolute atomic E-state index is 0.476. The van der Waals surface area contributed by atoms with Crippen LogP contribution in [0.1, 0.15) is 10.7 Å². The standard InChI is InChI=1S/C7H10N2OS2/c1-10-3-7-9-5(4-12-7)2-6(8)11/h4H,2-3H2,1H3,(H2,8,11). The predicted octanol–water partition coefficient (Wildman–Crippen LogP) is 1.12. The van der Waals surface area contributed by atoms with E-state index in [9.17, 15) is 0 Å². The summed E-state index contributed by atoms with van der Waals surface area (Å²) in [6.07, 6.45) is 0.579. The fraction of sp³-hybridized carbons (Fsp3) is 0.429. The third-order valence-corrected chi connectivity index (χ3v) is 2.24. The van der Waals surface area contributed by atoms with Crippen LogP contribution in [-0.2, 0) is 17.8 Å². The van der Waals surface area contributed by atoms with Crippen LogP contribution in [0.5, 0.6) is 0 Å². The molecule has 0 atom stereocenters. The first-order valence-corrected chi connectivity index (χ1v) is 4.71. The fourth-order valence-corrected chi connectivity index (χ4v) is 1.71. The lowest BCUT2D eigenvalue weighted by molar-refractivity contribution is 0.184. The van der Waals surface area contributed by atoms with Crippen LogP contribution in [-0.4, -0.2) is 17.1 Å². The van der Waals surface area contributed by atoms with Crippen molar-refractivity contribution in [2.75, 3.05) is 7.11 Å². The number of hydrogen-bond acceptors (Lipinski definition) is 4. The molecule has 3 nitrogen and oxygen atoms in total. The first-order valence-electron chi connectivity index (χ1n) is 3.43. The van der Waals surface area contributed by atoms with Gasteiger partial charge in [-0.3, -0.25) is 0 Å². The third-order valence-electron chi connectivity index (χ3n) is 1.22. The smallest absolute Gasteiger partial charge is 0.119 e. The van der Waals surface area contributed by atoms with Gasteiger partial charge in [0, 0.05) is 18.9 Å². The first-order chi connectivity index (χ1) is 5.72. The highest BCUT2D eigenvalue weighted by Gasteiger charge is 2.01. The molecule has 0 saturated carbocycles. The van der Waals surface area contributed by atoms with Crippen LogP contribution in [0, 0.1) is 0 Å². The molecule has 1 heterocycles. The Morgan fingerprint density at radius 3 is 3.17 bits per heavy atom. The van der Waals surface area contributed by atoms with Crippen molar-refractivity contribution in [3.05, 3.63) is 16.1 Å².